The van der Waals surface area contributed by atoms with Crippen molar-refractivity contribution >= 4 is 35.0 Å². The molecule has 2 amide bonds. The Hall–Kier alpha value is -2.44. The smallest absolute Gasteiger partial charge is 0.242 e. The normalized spacial score (nSPS) is 13.3. The quantitative estimate of drug-likeness (QED) is 0.504. The SMILES string of the molecule is CCCNC(=O)[C@H](CC)N(Cc1c(Cl)cccc1Cl)C(=O)CCc1ccc2c(c1)OCCO2. The molecule has 33 heavy (non-hydrogen) atoms. The van der Waals surface area contributed by atoms with Crippen LogP contribution in [-0.4, -0.2) is 42.5 Å². The van der Waals surface area contributed by atoms with Gasteiger partial charge in [-0.2, -0.15) is 0 Å². The highest BCUT2D eigenvalue weighted by molar-refractivity contribution is 6.36. The van der Waals surface area contributed by atoms with Gasteiger partial charge in [0.1, 0.15) is 19.3 Å². The maximum absolute atomic E-state index is 13.4. The van der Waals surface area contributed by atoms with Crippen LogP contribution in [0.3, 0.4) is 0 Å². The van der Waals surface area contributed by atoms with Crippen LogP contribution in [0, 0.1) is 0 Å². The zero-order chi connectivity index (χ0) is 23.8. The number of fused-ring (bicyclic) bond motifs is 1. The lowest BCUT2D eigenvalue weighted by molar-refractivity contribution is -0.141. The van der Waals surface area contributed by atoms with E-state index in [1.165, 1.54) is 0 Å². The van der Waals surface area contributed by atoms with Crippen LogP contribution in [-0.2, 0) is 22.6 Å². The van der Waals surface area contributed by atoms with Gasteiger partial charge in [-0.3, -0.25) is 9.59 Å². The van der Waals surface area contributed by atoms with Crippen molar-refractivity contribution in [1.82, 2.24) is 10.2 Å². The Balaban J connectivity index is 1.79. The molecule has 0 saturated heterocycles. The predicted molar refractivity (Wildman–Crippen MR) is 130 cm³/mol. The maximum atomic E-state index is 13.4. The van der Waals surface area contributed by atoms with Crippen molar-refractivity contribution in [3.05, 3.63) is 57.6 Å². The Labute approximate surface area is 205 Å². The van der Waals surface area contributed by atoms with Crippen molar-refractivity contribution in [2.75, 3.05) is 19.8 Å². The summed E-state index contributed by atoms with van der Waals surface area (Å²) in [6.07, 6.45) is 2.04. The van der Waals surface area contributed by atoms with Crippen LogP contribution in [0.4, 0.5) is 0 Å². The fourth-order valence-electron chi connectivity index (χ4n) is 3.78. The summed E-state index contributed by atoms with van der Waals surface area (Å²) in [6.45, 7) is 5.64. The topological polar surface area (TPSA) is 67.9 Å². The van der Waals surface area contributed by atoms with E-state index < -0.39 is 6.04 Å². The summed E-state index contributed by atoms with van der Waals surface area (Å²) in [7, 11) is 0. The zero-order valence-electron chi connectivity index (χ0n) is 19.0. The molecule has 8 heteroatoms. The molecule has 0 saturated carbocycles. The van der Waals surface area contributed by atoms with Crippen LogP contribution in [0.1, 0.15) is 44.2 Å². The molecule has 0 radical (unpaired) electrons. The van der Waals surface area contributed by atoms with Gasteiger partial charge in [0, 0.05) is 35.1 Å². The Morgan fingerprint density at radius 2 is 1.76 bits per heavy atom. The van der Waals surface area contributed by atoms with Crippen LogP contribution in [0.15, 0.2) is 36.4 Å². The number of amides is 2. The number of hydrogen-bond donors (Lipinski definition) is 1. The molecule has 1 N–H and O–H groups in total. The van der Waals surface area contributed by atoms with Gasteiger partial charge in [-0.1, -0.05) is 49.2 Å². The Bertz CT molecular complexity index is 963. The summed E-state index contributed by atoms with van der Waals surface area (Å²) in [5, 5.41) is 3.85. The monoisotopic (exact) mass is 492 g/mol. The molecule has 1 aliphatic heterocycles. The summed E-state index contributed by atoms with van der Waals surface area (Å²) < 4.78 is 11.2. The van der Waals surface area contributed by atoms with E-state index in [1.807, 2.05) is 32.0 Å². The summed E-state index contributed by atoms with van der Waals surface area (Å²) in [4.78, 5) is 27.9. The molecule has 0 bridgehead atoms. The lowest BCUT2D eigenvalue weighted by atomic mass is 10.1. The standard InChI is InChI=1S/C25H30Cl2N2O4/c1-3-12-28-25(31)21(4-2)29(16-18-19(26)6-5-7-20(18)27)24(30)11-9-17-8-10-22-23(15-17)33-14-13-32-22/h5-8,10,15,21H,3-4,9,11-14,16H2,1-2H3,(H,28,31)/t21-/m0/s1. The van der Waals surface area contributed by atoms with Crippen molar-refractivity contribution < 1.29 is 19.1 Å². The number of ether oxygens (including phenoxy) is 2. The van der Waals surface area contributed by atoms with E-state index in [0.29, 0.717) is 59.7 Å². The number of hydrogen-bond acceptors (Lipinski definition) is 4. The molecule has 0 aliphatic carbocycles. The van der Waals surface area contributed by atoms with Crippen LogP contribution in [0.2, 0.25) is 10.0 Å². The minimum absolute atomic E-state index is 0.139. The number of carbonyl (C=O) groups is 2. The minimum Gasteiger partial charge on any atom is -0.486 e. The maximum Gasteiger partial charge on any atom is 0.242 e. The molecule has 3 rings (SSSR count). The lowest BCUT2D eigenvalue weighted by Gasteiger charge is -2.31. The number of nitrogens with one attached hydrogen (secondary N) is 1. The van der Waals surface area contributed by atoms with E-state index in [1.54, 1.807) is 23.1 Å². The molecule has 1 aliphatic rings. The van der Waals surface area contributed by atoms with Crippen molar-refractivity contribution in [2.45, 2.75) is 52.1 Å². The van der Waals surface area contributed by atoms with Crippen LogP contribution in [0.5, 0.6) is 11.5 Å². The van der Waals surface area contributed by atoms with Gasteiger partial charge in [-0.25, -0.2) is 0 Å². The molecule has 6 nitrogen and oxygen atoms in total. The number of rotatable bonds is 10. The fourth-order valence-corrected chi connectivity index (χ4v) is 4.29. The molecular formula is C25H30Cl2N2O4. The lowest BCUT2D eigenvalue weighted by Crippen LogP contribution is -2.49. The van der Waals surface area contributed by atoms with E-state index in [9.17, 15) is 9.59 Å². The van der Waals surface area contributed by atoms with Crippen LogP contribution < -0.4 is 14.8 Å². The average Bonchev–Trinajstić information content (AvgIpc) is 2.82. The van der Waals surface area contributed by atoms with Gasteiger partial charge in [0.25, 0.3) is 0 Å². The third-order valence-electron chi connectivity index (χ3n) is 5.56. The fraction of sp³-hybridized carbons (Fsp3) is 0.440. The van der Waals surface area contributed by atoms with Gasteiger partial charge >= 0.3 is 0 Å². The first-order chi connectivity index (χ1) is 15.9. The molecule has 0 aromatic heterocycles. The predicted octanol–water partition coefficient (Wildman–Crippen LogP) is 5.03. The molecule has 0 unspecified atom stereocenters. The number of halogens is 2. The van der Waals surface area contributed by atoms with Gasteiger partial charge < -0.3 is 19.7 Å². The van der Waals surface area contributed by atoms with Crippen LogP contribution in [0.25, 0.3) is 0 Å². The highest BCUT2D eigenvalue weighted by Gasteiger charge is 2.29. The van der Waals surface area contributed by atoms with Crippen molar-refractivity contribution in [3.8, 4) is 11.5 Å². The highest BCUT2D eigenvalue weighted by atomic mass is 35.5. The van der Waals surface area contributed by atoms with Gasteiger partial charge in [-0.05, 0) is 49.1 Å². The van der Waals surface area contributed by atoms with E-state index in [-0.39, 0.29) is 24.8 Å². The first kappa shape index (κ1) is 25.2. The van der Waals surface area contributed by atoms with E-state index in [0.717, 1.165) is 12.0 Å². The van der Waals surface area contributed by atoms with Crippen molar-refractivity contribution in [2.24, 2.45) is 0 Å². The Kier molecular flexibility index (Phi) is 9.27. The second-order valence-electron chi connectivity index (χ2n) is 7.91. The second kappa shape index (κ2) is 12.1. The molecule has 0 spiro atoms. The number of carbonyl (C=O) groups excluding carboxylic acids is 2. The second-order valence-corrected chi connectivity index (χ2v) is 8.73. The Morgan fingerprint density at radius 3 is 2.42 bits per heavy atom. The molecule has 0 fully saturated rings. The third kappa shape index (κ3) is 6.55. The van der Waals surface area contributed by atoms with Gasteiger partial charge in [0.05, 0.1) is 0 Å². The molecular weight excluding hydrogens is 463 g/mol. The first-order valence-electron chi connectivity index (χ1n) is 11.3. The molecule has 178 valence electrons. The highest BCUT2D eigenvalue weighted by Crippen LogP contribution is 2.31. The summed E-state index contributed by atoms with van der Waals surface area (Å²) >= 11 is 12.8. The van der Waals surface area contributed by atoms with Crippen LogP contribution >= 0.6 is 23.2 Å². The van der Waals surface area contributed by atoms with Crippen molar-refractivity contribution in [1.29, 1.82) is 0 Å². The van der Waals surface area contributed by atoms with Gasteiger partial charge in [-0.15, -0.1) is 0 Å². The van der Waals surface area contributed by atoms with E-state index >= 15 is 0 Å². The number of benzene rings is 2. The molecule has 1 heterocycles. The number of aryl methyl sites for hydroxylation is 1. The van der Waals surface area contributed by atoms with E-state index in [4.69, 9.17) is 32.7 Å². The minimum atomic E-state index is -0.614. The third-order valence-corrected chi connectivity index (χ3v) is 6.27. The summed E-state index contributed by atoms with van der Waals surface area (Å²) in [6, 6.07) is 10.3. The Morgan fingerprint density at radius 1 is 1.06 bits per heavy atom. The summed E-state index contributed by atoms with van der Waals surface area (Å²) in [5.41, 5.74) is 1.60. The van der Waals surface area contributed by atoms with Gasteiger partial charge in [0.2, 0.25) is 11.8 Å². The zero-order valence-corrected chi connectivity index (χ0v) is 20.5. The molecule has 1 atom stereocenters. The summed E-state index contributed by atoms with van der Waals surface area (Å²) in [5.74, 6) is 1.09. The number of nitrogens with zero attached hydrogens (tertiary/aromatic N) is 1. The van der Waals surface area contributed by atoms with Crippen molar-refractivity contribution in [3.63, 3.8) is 0 Å². The molecule has 2 aromatic rings. The molecule has 2 aromatic carbocycles. The first-order valence-corrected chi connectivity index (χ1v) is 12.1. The largest absolute Gasteiger partial charge is 0.486 e. The van der Waals surface area contributed by atoms with Gasteiger partial charge in [0.15, 0.2) is 11.5 Å². The van der Waals surface area contributed by atoms with E-state index in [2.05, 4.69) is 5.32 Å². The average molecular weight is 493 g/mol.